The summed E-state index contributed by atoms with van der Waals surface area (Å²) in [7, 11) is 2.24. The van der Waals surface area contributed by atoms with E-state index in [0.29, 0.717) is 6.04 Å². The topological polar surface area (TPSA) is 38.5 Å². The first-order valence-corrected chi connectivity index (χ1v) is 7.87. The van der Waals surface area contributed by atoms with Crippen molar-refractivity contribution in [2.75, 3.05) is 26.8 Å². The molecule has 2 atom stereocenters. The van der Waals surface area contributed by atoms with Crippen LogP contribution in [0.4, 0.5) is 0 Å². The van der Waals surface area contributed by atoms with Crippen LogP contribution in [-0.4, -0.2) is 37.7 Å². The van der Waals surface area contributed by atoms with Gasteiger partial charge in [0, 0.05) is 31.8 Å². The maximum Gasteiger partial charge on any atom is 0.0469 e. The Kier molecular flexibility index (Phi) is 4.39. The first-order valence-electron chi connectivity index (χ1n) is 7.87. The van der Waals surface area contributed by atoms with Crippen LogP contribution < -0.4 is 5.73 Å². The molecule has 1 heterocycles. The Hall–Kier alpha value is -0.900. The summed E-state index contributed by atoms with van der Waals surface area (Å²) in [4.78, 5) is 2.50. The minimum Gasteiger partial charge on any atom is -0.381 e. The second kappa shape index (κ2) is 6.25. The number of rotatable bonds is 3. The number of aryl methyl sites for hydroxylation is 1. The highest BCUT2D eigenvalue weighted by molar-refractivity contribution is 5.33. The van der Waals surface area contributed by atoms with Gasteiger partial charge in [-0.05, 0) is 49.8 Å². The van der Waals surface area contributed by atoms with Crippen molar-refractivity contribution < 1.29 is 4.74 Å². The van der Waals surface area contributed by atoms with Crippen LogP contribution in [0.15, 0.2) is 24.3 Å². The highest BCUT2D eigenvalue weighted by Gasteiger charge is 2.30. The monoisotopic (exact) mass is 274 g/mol. The van der Waals surface area contributed by atoms with Gasteiger partial charge in [0.2, 0.25) is 0 Å². The fraction of sp³-hybridized carbons (Fsp3) is 0.647. The molecule has 0 aromatic heterocycles. The van der Waals surface area contributed by atoms with Gasteiger partial charge in [0.1, 0.15) is 0 Å². The van der Waals surface area contributed by atoms with Gasteiger partial charge in [-0.3, -0.25) is 0 Å². The Morgan fingerprint density at radius 1 is 1.20 bits per heavy atom. The smallest absolute Gasteiger partial charge is 0.0469 e. The van der Waals surface area contributed by atoms with Gasteiger partial charge in [-0.1, -0.05) is 24.3 Å². The van der Waals surface area contributed by atoms with E-state index in [4.69, 9.17) is 10.5 Å². The maximum atomic E-state index is 6.53. The normalized spacial score (nSPS) is 27.6. The van der Waals surface area contributed by atoms with E-state index in [1.54, 1.807) is 0 Å². The Morgan fingerprint density at radius 2 is 1.95 bits per heavy atom. The van der Waals surface area contributed by atoms with E-state index in [0.717, 1.165) is 32.1 Å². The number of nitrogens with zero attached hydrogens (tertiary/aromatic N) is 1. The summed E-state index contributed by atoms with van der Waals surface area (Å²) in [5.41, 5.74) is 9.32. The molecule has 3 heteroatoms. The Labute approximate surface area is 122 Å². The molecule has 0 bridgehead atoms. The lowest BCUT2D eigenvalue weighted by Crippen LogP contribution is -2.45. The zero-order chi connectivity index (χ0) is 13.9. The SMILES string of the molecule is CN(CC1CCOCC1)C1CCc2ccccc2C1N. The lowest BCUT2D eigenvalue weighted by molar-refractivity contribution is 0.0469. The summed E-state index contributed by atoms with van der Waals surface area (Å²) in [6.45, 7) is 3.01. The quantitative estimate of drug-likeness (QED) is 0.919. The van der Waals surface area contributed by atoms with Crippen LogP contribution in [0, 0.1) is 5.92 Å². The molecule has 0 radical (unpaired) electrons. The van der Waals surface area contributed by atoms with Crippen LogP contribution in [-0.2, 0) is 11.2 Å². The molecule has 3 nitrogen and oxygen atoms in total. The molecule has 1 aromatic carbocycles. The van der Waals surface area contributed by atoms with Crippen molar-refractivity contribution in [1.82, 2.24) is 4.90 Å². The number of benzene rings is 1. The summed E-state index contributed by atoms with van der Waals surface area (Å²) in [6.07, 6.45) is 4.73. The van der Waals surface area contributed by atoms with Crippen molar-refractivity contribution in [2.24, 2.45) is 11.7 Å². The van der Waals surface area contributed by atoms with Crippen LogP contribution in [0.1, 0.15) is 36.4 Å². The summed E-state index contributed by atoms with van der Waals surface area (Å²) >= 11 is 0. The number of nitrogens with two attached hydrogens (primary N) is 1. The second-order valence-electron chi connectivity index (χ2n) is 6.33. The van der Waals surface area contributed by atoms with Crippen LogP contribution in [0.5, 0.6) is 0 Å². The van der Waals surface area contributed by atoms with Crippen molar-refractivity contribution in [2.45, 2.75) is 37.8 Å². The van der Waals surface area contributed by atoms with Gasteiger partial charge in [-0.2, -0.15) is 0 Å². The number of hydrogen-bond donors (Lipinski definition) is 1. The average Bonchev–Trinajstić information content (AvgIpc) is 2.49. The second-order valence-corrected chi connectivity index (χ2v) is 6.33. The van der Waals surface area contributed by atoms with Crippen molar-refractivity contribution in [1.29, 1.82) is 0 Å². The summed E-state index contributed by atoms with van der Waals surface area (Å²) in [5, 5.41) is 0. The summed E-state index contributed by atoms with van der Waals surface area (Å²) < 4.78 is 5.45. The zero-order valence-electron chi connectivity index (χ0n) is 12.4. The van der Waals surface area contributed by atoms with Gasteiger partial charge in [0.25, 0.3) is 0 Å². The minimum atomic E-state index is 0.157. The molecule has 110 valence electrons. The van der Waals surface area contributed by atoms with Gasteiger partial charge in [-0.25, -0.2) is 0 Å². The maximum absolute atomic E-state index is 6.53. The molecular formula is C17H26N2O. The molecule has 0 saturated carbocycles. The number of hydrogen-bond acceptors (Lipinski definition) is 3. The van der Waals surface area contributed by atoms with Crippen LogP contribution in [0.3, 0.4) is 0 Å². The van der Waals surface area contributed by atoms with Crippen molar-refractivity contribution in [3.05, 3.63) is 35.4 Å². The molecule has 1 aliphatic carbocycles. The molecule has 2 N–H and O–H groups in total. The van der Waals surface area contributed by atoms with E-state index in [1.165, 1.54) is 30.4 Å². The first-order chi connectivity index (χ1) is 9.75. The largest absolute Gasteiger partial charge is 0.381 e. The average molecular weight is 274 g/mol. The molecule has 1 saturated heterocycles. The van der Waals surface area contributed by atoms with Crippen molar-refractivity contribution >= 4 is 0 Å². The first kappa shape index (κ1) is 14.1. The number of ether oxygens (including phenoxy) is 1. The molecule has 20 heavy (non-hydrogen) atoms. The highest BCUT2D eigenvalue weighted by Crippen LogP contribution is 2.31. The lowest BCUT2D eigenvalue weighted by atomic mass is 9.83. The minimum absolute atomic E-state index is 0.157. The lowest BCUT2D eigenvalue weighted by Gasteiger charge is -2.39. The summed E-state index contributed by atoms with van der Waals surface area (Å²) in [6, 6.07) is 9.30. The van der Waals surface area contributed by atoms with Gasteiger partial charge in [0.05, 0.1) is 0 Å². The van der Waals surface area contributed by atoms with Crippen LogP contribution in [0.25, 0.3) is 0 Å². The van der Waals surface area contributed by atoms with E-state index < -0.39 is 0 Å². The number of fused-ring (bicyclic) bond motifs is 1. The predicted octanol–water partition coefficient (Wildman–Crippen LogP) is 2.36. The molecule has 1 aliphatic heterocycles. The fourth-order valence-electron chi connectivity index (χ4n) is 3.74. The summed E-state index contributed by atoms with van der Waals surface area (Å²) in [5.74, 6) is 0.776. The van der Waals surface area contributed by atoms with Crippen LogP contribution >= 0.6 is 0 Å². The molecule has 1 aromatic rings. The molecule has 0 spiro atoms. The van der Waals surface area contributed by atoms with Crippen molar-refractivity contribution in [3.8, 4) is 0 Å². The Bertz CT molecular complexity index is 442. The van der Waals surface area contributed by atoms with Gasteiger partial charge in [-0.15, -0.1) is 0 Å². The number of likely N-dealkylation sites (N-methyl/N-ethyl adjacent to an activating group) is 1. The third-order valence-electron chi connectivity index (χ3n) is 4.99. The van der Waals surface area contributed by atoms with E-state index in [1.807, 2.05) is 0 Å². The van der Waals surface area contributed by atoms with Gasteiger partial charge in [0.15, 0.2) is 0 Å². The van der Waals surface area contributed by atoms with E-state index in [2.05, 4.69) is 36.2 Å². The zero-order valence-corrected chi connectivity index (χ0v) is 12.4. The van der Waals surface area contributed by atoms with E-state index in [-0.39, 0.29) is 6.04 Å². The molecule has 2 aliphatic rings. The van der Waals surface area contributed by atoms with Crippen LogP contribution in [0.2, 0.25) is 0 Å². The molecular weight excluding hydrogens is 248 g/mol. The van der Waals surface area contributed by atoms with Gasteiger partial charge >= 0.3 is 0 Å². The molecule has 0 amide bonds. The van der Waals surface area contributed by atoms with E-state index in [9.17, 15) is 0 Å². The van der Waals surface area contributed by atoms with E-state index >= 15 is 0 Å². The molecule has 1 fully saturated rings. The third-order valence-corrected chi connectivity index (χ3v) is 4.99. The molecule has 3 rings (SSSR count). The molecule has 2 unspecified atom stereocenters. The Balaban J connectivity index is 1.65. The Morgan fingerprint density at radius 3 is 2.75 bits per heavy atom. The highest BCUT2D eigenvalue weighted by atomic mass is 16.5. The van der Waals surface area contributed by atoms with Gasteiger partial charge < -0.3 is 15.4 Å². The standard InChI is InChI=1S/C17H26N2O/c1-19(12-13-8-10-20-11-9-13)16-7-6-14-4-2-3-5-15(14)17(16)18/h2-5,13,16-17H,6-12,18H2,1H3. The fourth-order valence-corrected chi connectivity index (χ4v) is 3.74. The predicted molar refractivity (Wildman–Crippen MR) is 81.7 cm³/mol. The van der Waals surface area contributed by atoms with Crippen molar-refractivity contribution in [3.63, 3.8) is 0 Å². The third kappa shape index (κ3) is 2.90.